The van der Waals surface area contributed by atoms with E-state index in [4.69, 9.17) is 16.3 Å². The fraction of sp³-hybridized carbons (Fsp3) is 0.533. The smallest absolute Gasteiger partial charge is 0.325 e. The van der Waals surface area contributed by atoms with Crippen molar-refractivity contribution in [2.24, 2.45) is 5.92 Å². The highest BCUT2D eigenvalue weighted by Crippen LogP contribution is 2.26. The maximum atomic E-state index is 11.8. The topological polar surface area (TPSA) is 38.3 Å². The lowest BCUT2D eigenvalue weighted by molar-refractivity contribution is -0.150. The molecule has 0 amide bonds. The third-order valence-electron chi connectivity index (χ3n) is 3.58. The normalized spacial score (nSPS) is 22.8. The number of hydrogen-bond acceptors (Lipinski definition) is 3. The molecule has 104 valence electrons. The number of hydrogen-bond donors (Lipinski definition) is 1. The molecule has 1 N–H and O–H groups in total. The molecule has 1 fully saturated rings. The van der Waals surface area contributed by atoms with Crippen LogP contribution in [0.1, 0.15) is 32.6 Å². The lowest BCUT2D eigenvalue weighted by Crippen LogP contribution is -2.30. The van der Waals surface area contributed by atoms with E-state index in [1.54, 1.807) is 12.1 Å². The Morgan fingerprint density at radius 2 is 2.21 bits per heavy atom. The van der Waals surface area contributed by atoms with Crippen molar-refractivity contribution in [2.75, 3.05) is 11.9 Å². The molecule has 19 heavy (non-hydrogen) atoms. The summed E-state index contributed by atoms with van der Waals surface area (Å²) in [4.78, 5) is 11.8. The molecule has 1 aromatic carbocycles. The van der Waals surface area contributed by atoms with Gasteiger partial charge in [-0.25, -0.2) is 0 Å². The summed E-state index contributed by atoms with van der Waals surface area (Å²) in [6.07, 6.45) is 4.63. The number of carbonyl (C=O) groups is 1. The molecular weight excluding hydrogens is 262 g/mol. The standard InChI is InChI=1S/C15H20ClNO2/c1-11-5-2-3-8-14(11)19-15(18)10-17-13-7-4-6-12(16)9-13/h4,6-7,9,11,14,17H,2-3,5,8,10H2,1H3. The molecule has 1 saturated carbocycles. The van der Waals surface area contributed by atoms with Crippen molar-refractivity contribution in [3.8, 4) is 0 Å². The summed E-state index contributed by atoms with van der Waals surface area (Å²) in [5.41, 5.74) is 0.834. The molecule has 2 rings (SSSR count). The lowest BCUT2D eigenvalue weighted by atomic mass is 9.88. The van der Waals surface area contributed by atoms with Crippen LogP contribution in [0.4, 0.5) is 5.69 Å². The van der Waals surface area contributed by atoms with Crippen molar-refractivity contribution in [3.05, 3.63) is 29.3 Å². The van der Waals surface area contributed by atoms with E-state index in [9.17, 15) is 4.79 Å². The molecule has 0 aliphatic heterocycles. The predicted molar refractivity (Wildman–Crippen MR) is 77.5 cm³/mol. The van der Waals surface area contributed by atoms with Gasteiger partial charge < -0.3 is 10.1 Å². The van der Waals surface area contributed by atoms with Gasteiger partial charge in [-0.2, -0.15) is 0 Å². The molecule has 0 heterocycles. The van der Waals surface area contributed by atoms with Gasteiger partial charge in [0.25, 0.3) is 0 Å². The van der Waals surface area contributed by atoms with Crippen LogP contribution in [0.3, 0.4) is 0 Å². The minimum atomic E-state index is -0.196. The fourth-order valence-corrected chi connectivity index (χ4v) is 2.63. The largest absolute Gasteiger partial charge is 0.461 e. The zero-order valence-corrected chi connectivity index (χ0v) is 12.0. The van der Waals surface area contributed by atoms with E-state index in [1.807, 2.05) is 12.1 Å². The Bertz CT molecular complexity index is 436. The van der Waals surface area contributed by atoms with Crippen LogP contribution < -0.4 is 5.32 Å². The number of benzene rings is 1. The number of carbonyl (C=O) groups excluding carboxylic acids is 1. The van der Waals surface area contributed by atoms with Gasteiger partial charge >= 0.3 is 5.97 Å². The minimum Gasteiger partial charge on any atom is -0.461 e. The minimum absolute atomic E-state index is 0.0856. The zero-order valence-electron chi connectivity index (χ0n) is 11.2. The van der Waals surface area contributed by atoms with Crippen LogP contribution in [0.25, 0.3) is 0 Å². The highest BCUT2D eigenvalue weighted by atomic mass is 35.5. The van der Waals surface area contributed by atoms with Crippen LogP contribution in [-0.2, 0) is 9.53 Å². The van der Waals surface area contributed by atoms with Crippen molar-refractivity contribution < 1.29 is 9.53 Å². The molecule has 1 aliphatic rings. The van der Waals surface area contributed by atoms with Gasteiger partial charge in [0.1, 0.15) is 12.6 Å². The van der Waals surface area contributed by atoms with E-state index >= 15 is 0 Å². The van der Waals surface area contributed by atoms with Crippen LogP contribution in [0.15, 0.2) is 24.3 Å². The Morgan fingerprint density at radius 3 is 2.95 bits per heavy atom. The first-order valence-electron chi connectivity index (χ1n) is 6.84. The van der Waals surface area contributed by atoms with Crippen molar-refractivity contribution in [1.29, 1.82) is 0 Å². The number of halogens is 1. The van der Waals surface area contributed by atoms with Crippen LogP contribution >= 0.6 is 11.6 Å². The molecule has 3 nitrogen and oxygen atoms in total. The average Bonchev–Trinajstić information content (AvgIpc) is 2.39. The van der Waals surface area contributed by atoms with E-state index < -0.39 is 0 Å². The van der Waals surface area contributed by atoms with Gasteiger partial charge in [-0.05, 0) is 43.4 Å². The zero-order chi connectivity index (χ0) is 13.7. The molecule has 0 radical (unpaired) electrons. The van der Waals surface area contributed by atoms with Crippen molar-refractivity contribution in [3.63, 3.8) is 0 Å². The van der Waals surface area contributed by atoms with Crippen LogP contribution in [-0.4, -0.2) is 18.6 Å². The van der Waals surface area contributed by atoms with Gasteiger partial charge in [-0.1, -0.05) is 31.0 Å². The summed E-state index contributed by atoms with van der Waals surface area (Å²) in [6.45, 7) is 2.34. The SMILES string of the molecule is CC1CCCCC1OC(=O)CNc1cccc(Cl)c1. The number of rotatable bonds is 4. The number of nitrogens with one attached hydrogen (secondary N) is 1. The second-order valence-corrected chi connectivity index (χ2v) is 5.59. The summed E-state index contributed by atoms with van der Waals surface area (Å²) < 4.78 is 5.52. The molecule has 4 heteroatoms. The van der Waals surface area contributed by atoms with Crippen molar-refractivity contribution >= 4 is 23.3 Å². The molecule has 0 bridgehead atoms. The lowest BCUT2D eigenvalue weighted by Gasteiger charge is -2.28. The van der Waals surface area contributed by atoms with Gasteiger partial charge in [-0.15, -0.1) is 0 Å². The maximum absolute atomic E-state index is 11.8. The third-order valence-corrected chi connectivity index (χ3v) is 3.81. The first kappa shape index (κ1) is 14.2. The Balaban J connectivity index is 1.78. The van der Waals surface area contributed by atoms with Gasteiger partial charge in [0.15, 0.2) is 0 Å². The van der Waals surface area contributed by atoms with Crippen molar-refractivity contribution in [2.45, 2.75) is 38.7 Å². The molecule has 0 spiro atoms. The first-order valence-corrected chi connectivity index (χ1v) is 7.22. The van der Waals surface area contributed by atoms with E-state index in [1.165, 1.54) is 6.42 Å². The van der Waals surface area contributed by atoms with Gasteiger partial charge in [0.2, 0.25) is 0 Å². The van der Waals surface area contributed by atoms with Crippen LogP contribution in [0, 0.1) is 5.92 Å². The fourth-order valence-electron chi connectivity index (χ4n) is 2.44. The van der Waals surface area contributed by atoms with Crippen molar-refractivity contribution in [1.82, 2.24) is 0 Å². The molecule has 2 atom stereocenters. The van der Waals surface area contributed by atoms with Gasteiger partial charge in [0.05, 0.1) is 0 Å². The Hall–Kier alpha value is -1.22. The molecule has 1 aliphatic carbocycles. The van der Waals surface area contributed by atoms with Gasteiger partial charge in [0, 0.05) is 10.7 Å². The second kappa shape index (κ2) is 6.80. The third kappa shape index (κ3) is 4.43. The highest BCUT2D eigenvalue weighted by molar-refractivity contribution is 6.30. The molecule has 1 aromatic rings. The molecular formula is C15H20ClNO2. The first-order chi connectivity index (χ1) is 9.15. The summed E-state index contributed by atoms with van der Waals surface area (Å²) in [6, 6.07) is 7.31. The summed E-state index contributed by atoms with van der Waals surface area (Å²) in [5, 5.41) is 3.68. The second-order valence-electron chi connectivity index (χ2n) is 5.15. The number of esters is 1. The highest BCUT2D eigenvalue weighted by Gasteiger charge is 2.24. The van der Waals surface area contributed by atoms with Crippen LogP contribution in [0.5, 0.6) is 0 Å². The summed E-state index contributed by atoms with van der Waals surface area (Å²) >= 11 is 5.88. The summed E-state index contributed by atoms with van der Waals surface area (Å²) in [5.74, 6) is 0.280. The maximum Gasteiger partial charge on any atom is 0.325 e. The Kier molecular flexibility index (Phi) is 5.08. The Morgan fingerprint density at radius 1 is 1.42 bits per heavy atom. The van der Waals surface area contributed by atoms with E-state index in [0.717, 1.165) is 24.9 Å². The van der Waals surface area contributed by atoms with E-state index in [0.29, 0.717) is 10.9 Å². The average molecular weight is 282 g/mol. The van der Waals surface area contributed by atoms with Crippen LogP contribution in [0.2, 0.25) is 5.02 Å². The molecule has 2 unspecified atom stereocenters. The molecule has 0 saturated heterocycles. The Labute approximate surface area is 119 Å². The number of anilines is 1. The van der Waals surface area contributed by atoms with E-state index in [2.05, 4.69) is 12.2 Å². The molecule has 0 aromatic heterocycles. The number of ether oxygens (including phenoxy) is 1. The van der Waals surface area contributed by atoms with Gasteiger partial charge in [-0.3, -0.25) is 4.79 Å². The summed E-state index contributed by atoms with van der Waals surface area (Å²) in [7, 11) is 0. The predicted octanol–water partition coefficient (Wildman–Crippen LogP) is 3.87. The monoisotopic (exact) mass is 281 g/mol. The van der Waals surface area contributed by atoms with E-state index in [-0.39, 0.29) is 18.6 Å². The quantitative estimate of drug-likeness (QED) is 0.852.